The Kier molecular flexibility index (Phi) is 7.01. The molecule has 0 saturated carbocycles. The lowest BCUT2D eigenvalue weighted by Crippen LogP contribution is -2.44. The van der Waals surface area contributed by atoms with E-state index >= 15 is 0 Å². The minimum atomic E-state index is -0.809. The van der Waals surface area contributed by atoms with E-state index in [-0.39, 0.29) is 18.4 Å². The molecule has 1 unspecified atom stereocenters. The van der Waals surface area contributed by atoms with Gasteiger partial charge in [0.2, 0.25) is 5.91 Å². The molecule has 0 radical (unpaired) electrons. The fourth-order valence-electron chi connectivity index (χ4n) is 2.01. The SMILES string of the molecule is CCS(=O)CCNCC(=O)N1CCC(C(=O)O)CC1. The Labute approximate surface area is 116 Å². The summed E-state index contributed by atoms with van der Waals surface area (Å²) in [4.78, 5) is 24.3. The number of aliphatic carboxylic acids is 1. The minimum Gasteiger partial charge on any atom is -0.481 e. The van der Waals surface area contributed by atoms with Crippen molar-refractivity contribution in [2.24, 2.45) is 5.92 Å². The highest BCUT2D eigenvalue weighted by atomic mass is 32.2. The summed E-state index contributed by atoms with van der Waals surface area (Å²) >= 11 is 0. The number of rotatable bonds is 7. The second kappa shape index (κ2) is 8.27. The second-order valence-corrected chi connectivity index (χ2v) is 6.47. The van der Waals surface area contributed by atoms with Crippen LogP contribution in [-0.2, 0) is 20.4 Å². The Bertz CT molecular complexity index is 341. The van der Waals surface area contributed by atoms with Crippen LogP contribution < -0.4 is 5.32 Å². The molecule has 1 fully saturated rings. The first-order valence-corrected chi connectivity index (χ1v) is 8.09. The molecule has 0 aromatic carbocycles. The summed E-state index contributed by atoms with van der Waals surface area (Å²) in [6.07, 6.45) is 1.06. The quantitative estimate of drug-likeness (QED) is 0.627. The van der Waals surface area contributed by atoms with Crippen molar-refractivity contribution in [3.63, 3.8) is 0 Å². The van der Waals surface area contributed by atoms with Crippen LogP contribution in [0, 0.1) is 5.92 Å². The molecule has 0 bridgehead atoms. The van der Waals surface area contributed by atoms with E-state index in [1.54, 1.807) is 4.90 Å². The van der Waals surface area contributed by atoms with Crippen molar-refractivity contribution in [3.8, 4) is 0 Å². The number of carbonyl (C=O) groups excluding carboxylic acids is 1. The number of amides is 1. The molecule has 6 nitrogen and oxygen atoms in total. The van der Waals surface area contributed by atoms with Gasteiger partial charge in [0.1, 0.15) is 0 Å². The summed E-state index contributed by atoms with van der Waals surface area (Å²) in [6, 6.07) is 0. The van der Waals surface area contributed by atoms with Gasteiger partial charge in [0.05, 0.1) is 12.5 Å². The van der Waals surface area contributed by atoms with Crippen molar-refractivity contribution in [1.29, 1.82) is 0 Å². The van der Waals surface area contributed by atoms with Crippen LogP contribution in [0.1, 0.15) is 19.8 Å². The molecule has 1 aliphatic rings. The Balaban J connectivity index is 2.17. The van der Waals surface area contributed by atoms with Crippen LogP contribution in [0.4, 0.5) is 0 Å². The Morgan fingerprint density at radius 1 is 1.37 bits per heavy atom. The zero-order valence-electron chi connectivity index (χ0n) is 11.3. The first-order valence-electron chi connectivity index (χ1n) is 6.60. The van der Waals surface area contributed by atoms with E-state index < -0.39 is 16.8 Å². The number of carboxylic acid groups (broad SMARTS) is 1. The van der Waals surface area contributed by atoms with Gasteiger partial charge < -0.3 is 15.3 Å². The fourth-order valence-corrected chi connectivity index (χ4v) is 2.67. The predicted octanol–water partition coefficient (Wildman–Crippen LogP) is -0.332. The average molecular weight is 290 g/mol. The average Bonchev–Trinajstić information content (AvgIpc) is 2.43. The lowest BCUT2D eigenvalue weighted by Gasteiger charge is -2.30. The number of likely N-dealkylation sites (tertiary alicyclic amines) is 1. The van der Waals surface area contributed by atoms with Crippen molar-refractivity contribution < 1.29 is 18.9 Å². The third-order valence-corrected chi connectivity index (χ3v) is 4.61. The smallest absolute Gasteiger partial charge is 0.306 e. The van der Waals surface area contributed by atoms with Crippen LogP contribution in [-0.4, -0.2) is 63.8 Å². The number of piperidine rings is 1. The Morgan fingerprint density at radius 2 is 2.00 bits per heavy atom. The first-order chi connectivity index (χ1) is 9.04. The normalized spacial score (nSPS) is 18.3. The van der Waals surface area contributed by atoms with Crippen LogP contribution in [0.15, 0.2) is 0 Å². The van der Waals surface area contributed by atoms with Gasteiger partial charge >= 0.3 is 5.97 Å². The molecular weight excluding hydrogens is 268 g/mol. The van der Waals surface area contributed by atoms with Gasteiger partial charge in [-0.2, -0.15) is 0 Å². The van der Waals surface area contributed by atoms with E-state index in [0.29, 0.717) is 44.0 Å². The Morgan fingerprint density at radius 3 is 2.53 bits per heavy atom. The molecule has 0 aromatic rings. The molecule has 1 amide bonds. The van der Waals surface area contributed by atoms with Crippen LogP contribution in [0.2, 0.25) is 0 Å². The third-order valence-electron chi connectivity index (χ3n) is 3.30. The molecule has 110 valence electrons. The van der Waals surface area contributed by atoms with Gasteiger partial charge in [-0.1, -0.05) is 6.92 Å². The zero-order chi connectivity index (χ0) is 14.3. The number of nitrogens with one attached hydrogen (secondary N) is 1. The van der Waals surface area contributed by atoms with E-state index in [2.05, 4.69) is 5.32 Å². The monoisotopic (exact) mass is 290 g/mol. The molecule has 1 aliphatic heterocycles. The van der Waals surface area contributed by atoms with Crippen molar-refractivity contribution in [3.05, 3.63) is 0 Å². The van der Waals surface area contributed by atoms with E-state index in [4.69, 9.17) is 5.11 Å². The highest BCUT2D eigenvalue weighted by molar-refractivity contribution is 7.84. The summed E-state index contributed by atoms with van der Waals surface area (Å²) in [5.74, 6) is 0.103. The molecule has 1 saturated heterocycles. The summed E-state index contributed by atoms with van der Waals surface area (Å²) in [6.45, 7) is 3.70. The van der Waals surface area contributed by atoms with Crippen molar-refractivity contribution >= 4 is 22.7 Å². The van der Waals surface area contributed by atoms with Crippen molar-refractivity contribution in [2.45, 2.75) is 19.8 Å². The maximum absolute atomic E-state index is 11.8. The van der Waals surface area contributed by atoms with Crippen molar-refractivity contribution in [2.75, 3.05) is 37.7 Å². The van der Waals surface area contributed by atoms with Gasteiger partial charge in [-0.05, 0) is 12.8 Å². The van der Waals surface area contributed by atoms with Crippen LogP contribution in [0.5, 0.6) is 0 Å². The molecule has 7 heteroatoms. The molecule has 1 rings (SSSR count). The van der Waals surface area contributed by atoms with Gasteiger partial charge in [0.15, 0.2) is 0 Å². The lowest BCUT2D eigenvalue weighted by atomic mass is 9.97. The van der Waals surface area contributed by atoms with Crippen molar-refractivity contribution in [1.82, 2.24) is 10.2 Å². The summed E-state index contributed by atoms with van der Waals surface area (Å²) < 4.78 is 11.2. The maximum Gasteiger partial charge on any atom is 0.306 e. The zero-order valence-corrected chi connectivity index (χ0v) is 12.1. The van der Waals surface area contributed by atoms with Gasteiger partial charge in [-0.15, -0.1) is 0 Å². The maximum atomic E-state index is 11.8. The molecule has 0 spiro atoms. The third kappa shape index (κ3) is 5.69. The molecule has 1 heterocycles. The van der Waals surface area contributed by atoms with Gasteiger partial charge in [-0.3, -0.25) is 13.8 Å². The summed E-state index contributed by atoms with van der Waals surface area (Å²) in [5, 5.41) is 11.8. The van der Waals surface area contributed by atoms with E-state index in [0.717, 1.165) is 0 Å². The highest BCUT2D eigenvalue weighted by Crippen LogP contribution is 2.16. The first kappa shape index (κ1) is 16.1. The molecule has 19 heavy (non-hydrogen) atoms. The minimum absolute atomic E-state index is 0.00822. The molecule has 2 N–H and O–H groups in total. The summed E-state index contributed by atoms with van der Waals surface area (Å²) in [7, 11) is -0.809. The summed E-state index contributed by atoms with van der Waals surface area (Å²) in [5.41, 5.74) is 0. The fraction of sp³-hybridized carbons (Fsp3) is 0.833. The topological polar surface area (TPSA) is 86.7 Å². The van der Waals surface area contributed by atoms with Crippen LogP contribution in [0.3, 0.4) is 0 Å². The van der Waals surface area contributed by atoms with Crippen LogP contribution >= 0.6 is 0 Å². The van der Waals surface area contributed by atoms with Gasteiger partial charge in [0.25, 0.3) is 0 Å². The van der Waals surface area contributed by atoms with E-state index in [1.807, 2.05) is 6.92 Å². The standard InChI is InChI=1S/C12H22N2O4S/c1-2-19(18)8-5-13-9-11(15)14-6-3-10(4-7-14)12(16)17/h10,13H,2-9H2,1H3,(H,16,17). The predicted molar refractivity (Wildman–Crippen MR) is 73.4 cm³/mol. The van der Waals surface area contributed by atoms with E-state index in [1.165, 1.54) is 0 Å². The number of hydrogen-bond donors (Lipinski definition) is 2. The van der Waals surface area contributed by atoms with E-state index in [9.17, 15) is 13.8 Å². The van der Waals surface area contributed by atoms with Gasteiger partial charge in [-0.25, -0.2) is 0 Å². The van der Waals surface area contributed by atoms with Gasteiger partial charge in [0, 0.05) is 41.9 Å². The number of nitrogens with zero attached hydrogens (tertiary/aromatic N) is 1. The molecular formula is C12H22N2O4S. The lowest BCUT2D eigenvalue weighted by molar-refractivity contribution is -0.145. The number of carboxylic acids is 1. The number of hydrogen-bond acceptors (Lipinski definition) is 4. The molecule has 1 atom stereocenters. The Hall–Kier alpha value is -0.950. The molecule has 0 aromatic heterocycles. The molecule has 0 aliphatic carbocycles. The highest BCUT2D eigenvalue weighted by Gasteiger charge is 2.26. The largest absolute Gasteiger partial charge is 0.481 e. The second-order valence-electron chi connectivity index (χ2n) is 4.60. The number of carbonyl (C=O) groups is 2. The van der Waals surface area contributed by atoms with Crippen LogP contribution in [0.25, 0.3) is 0 Å².